The maximum atomic E-state index is 9.88. The zero-order valence-electron chi connectivity index (χ0n) is 12.7. The molecule has 0 aliphatic rings. The van der Waals surface area contributed by atoms with E-state index in [1.54, 1.807) is 6.20 Å². The number of hydrogen-bond donors (Lipinski definition) is 1. The van der Waals surface area contributed by atoms with Gasteiger partial charge in [0.2, 0.25) is 0 Å². The third kappa shape index (κ3) is 8.22. The average Bonchev–Trinajstić information content (AvgIpc) is 2.38. The van der Waals surface area contributed by atoms with E-state index in [9.17, 15) is 5.11 Å². The van der Waals surface area contributed by atoms with Crippen LogP contribution in [-0.4, -0.2) is 60.6 Å². The lowest BCUT2D eigenvalue weighted by atomic mass is 10.2. The molecule has 1 unspecified atom stereocenters. The van der Waals surface area contributed by atoms with Gasteiger partial charge < -0.3 is 14.6 Å². The predicted octanol–water partition coefficient (Wildman–Crippen LogP) is 1.32. The number of ether oxygens (including phenoxy) is 2. The van der Waals surface area contributed by atoms with Crippen molar-refractivity contribution in [2.24, 2.45) is 0 Å². The number of rotatable bonds is 10. The lowest BCUT2D eigenvalue weighted by Crippen LogP contribution is -2.32. The molecule has 5 heteroatoms. The van der Waals surface area contributed by atoms with Gasteiger partial charge in [0.1, 0.15) is 0 Å². The summed E-state index contributed by atoms with van der Waals surface area (Å²) < 4.78 is 10.7. The smallest absolute Gasteiger partial charge is 0.0900 e. The molecule has 0 aliphatic carbocycles. The quantitative estimate of drug-likeness (QED) is 0.656. The van der Waals surface area contributed by atoms with Gasteiger partial charge in [0.05, 0.1) is 32.0 Å². The lowest BCUT2D eigenvalue weighted by molar-refractivity contribution is -0.0174. The van der Waals surface area contributed by atoms with E-state index in [0.29, 0.717) is 26.4 Å². The SMILES string of the molecule is CC(C)OCCOCC(O)CN(C)Cc1cccnc1. The lowest BCUT2D eigenvalue weighted by Gasteiger charge is -2.20. The van der Waals surface area contributed by atoms with Crippen LogP contribution in [0.2, 0.25) is 0 Å². The minimum atomic E-state index is -0.490. The van der Waals surface area contributed by atoms with Gasteiger partial charge >= 0.3 is 0 Å². The van der Waals surface area contributed by atoms with Crippen molar-refractivity contribution in [3.8, 4) is 0 Å². The Hall–Kier alpha value is -1.01. The molecule has 1 aromatic rings. The fourth-order valence-electron chi connectivity index (χ4n) is 1.84. The van der Waals surface area contributed by atoms with E-state index in [1.807, 2.05) is 39.2 Å². The summed E-state index contributed by atoms with van der Waals surface area (Å²) in [5, 5.41) is 9.88. The second-order valence-corrected chi connectivity index (χ2v) is 5.21. The van der Waals surface area contributed by atoms with Gasteiger partial charge in [-0.05, 0) is 32.5 Å². The number of hydrogen-bond acceptors (Lipinski definition) is 5. The summed E-state index contributed by atoms with van der Waals surface area (Å²) in [6.07, 6.45) is 3.32. The molecule has 1 rings (SSSR count). The topological polar surface area (TPSA) is 54.8 Å². The highest BCUT2D eigenvalue weighted by molar-refractivity contribution is 5.07. The van der Waals surface area contributed by atoms with Crippen LogP contribution in [-0.2, 0) is 16.0 Å². The van der Waals surface area contributed by atoms with Crippen LogP contribution in [0.5, 0.6) is 0 Å². The Morgan fingerprint density at radius 3 is 2.80 bits per heavy atom. The molecule has 0 radical (unpaired) electrons. The maximum absolute atomic E-state index is 9.88. The summed E-state index contributed by atoms with van der Waals surface area (Å²) in [5.41, 5.74) is 1.13. The average molecular weight is 282 g/mol. The maximum Gasteiger partial charge on any atom is 0.0900 e. The molecule has 0 aromatic carbocycles. The van der Waals surface area contributed by atoms with Crippen LogP contribution in [0.25, 0.3) is 0 Å². The highest BCUT2D eigenvalue weighted by atomic mass is 16.5. The van der Waals surface area contributed by atoms with Crippen molar-refractivity contribution in [3.63, 3.8) is 0 Å². The summed E-state index contributed by atoms with van der Waals surface area (Å²) in [5.74, 6) is 0. The van der Waals surface area contributed by atoms with Gasteiger partial charge in [0.25, 0.3) is 0 Å². The molecule has 0 fully saturated rings. The zero-order chi connectivity index (χ0) is 14.8. The molecule has 1 atom stereocenters. The monoisotopic (exact) mass is 282 g/mol. The van der Waals surface area contributed by atoms with Crippen molar-refractivity contribution in [2.75, 3.05) is 33.4 Å². The first-order chi connectivity index (χ1) is 9.58. The van der Waals surface area contributed by atoms with Crippen LogP contribution >= 0.6 is 0 Å². The molecule has 0 spiro atoms. The van der Waals surface area contributed by atoms with E-state index in [-0.39, 0.29) is 6.10 Å². The van der Waals surface area contributed by atoms with E-state index < -0.39 is 6.10 Å². The highest BCUT2D eigenvalue weighted by Gasteiger charge is 2.09. The molecule has 1 aromatic heterocycles. The van der Waals surface area contributed by atoms with Gasteiger partial charge in [-0.15, -0.1) is 0 Å². The van der Waals surface area contributed by atoms with Gasteiger partial charge in [-0.1, -0.05) is 6.07 Å². The molecule has 5 nitrogen and oxygen atoms in total. The summed E-state index contributed by atoms with van der Waals surface area (Å²) in [7, 11) is 1.97. The van der Waals surface area contributed by atoms with Crippen molar-refractivity contribution < 1.29 is 14.6 Å². The van der Waals surface area contributed by atoms with Gasteiger partial charge in [-0.25, -0.2) is 0 Å². The summed E-state index contributed by atoms with van der Waals surface area (Å²) in [6.45, 7) is 6.72. The van der Waals surface area contributed by atoms with Crippen LogP contribution < -0.4 is 0 Å². The molecular weight excluding hydrogens is 256 g/mol. The molecule has 0 bridgehead atoms. The first-order valence-corrected chi connectivity index (χ1v) is 7.02. The number of aliphatic hydroxyl groups is 1. The van der Waals surface area contributed by atoms with Crippen molar-refractivity contribution >= 4 is 0 Å². The Balaban J connectivity index is 2.10. The molecule has 0 aliphatic heterocycles. The number of aromatic nitrogens is 1. The van der Waals surface area contributed by atoms with Crippen LogP contribution in [0.4, 0.5) is 0 Å². The molecule has 114 valence electrons. The highest BCUT2D eigenvalue weighted by Crippen LogP contribution is 2.01. The Kier molecular flexibility index (Phi) is 8.37. The third-order valence-electron chi connectivity index (χ3n) is 2.69. The number of pyridine rings is 1. The normalized spacial score (nSPS) is 13.1. The van der Waals surface area contributed by atoms with Crippen LogP contribution in [0.15, 0.2) is 24.5 Å². The standard InChI is InChI=1S/C15H26N2O3/c1-13(2)20-8-7-19-12-15(18)11-17(3)10-14-5-4-6-16-9-14/h4-6,9,13,15,18H,7-8,10-12H2,1-3H3. The Morgan fingerprint density at radius 2 is 2.15 bits per heavy atom. The van der Waals surface area contributed by atoms with Crippen LogP contribution in [0.1, 0.15) is 19.4 Å². The molecule has 0 saturated carbocycles. The third-order valence-corrected chi connectivity index (χ3v) is 2.69. The number of aliphatic hydroxyl groups excluding tert-OH is 1. The second-order valence-electron chi connectivity index (χ2n) is 5.21. The summed E-state index contributed by atoms with van der Waals surface area (Å²) in [6, 6.07) is 3.94. The Bertz CT molecular complexity index is 346. The second kappa shape index (κ2) is 9.83. The fourth-order valence-corrected chi connectivity index (χ4v) is 1.84. The first-order valence-electron chi connectivity index (χ1n) is 7.02. The van der Waals surface area contributed by atoms with E-state index in [0.717, 1.165) is 12.1 Å². The molecule has 20 heavy (non-hydrogen) atoms. The molecule has 1 heterocycles. The number of likely N-dealkylation sites (N-methyl/N-ethyl adjacent to an activating group) is 1. The van der Waals surface area contributed by atoms with Gasteiger partial charge in [0.15, 0.2) is 0 Å². The first kappa shape index (κ1) is 17.0. The van der Waals surface area contributed by atoms with Crippen LogP contribution in [0, 0.1) is 0 Å². The van der Waals surface area contributed by atoms with Gasteiger partial charge in [-0.3, -0.25) is 9.88 Å². The molecule has 0 amide bonds. The minimum absolute atomic E-state index is 0.217. The van der Waals surface area contributed by atoms with Crippen molar-refractivity contribution in [3.05, 3.63) is 30.1 Å². The van der Waals surface area contributed by atoms with E-state index in [2.05, 4.69) is 9.88 Å². The molecule has 1 N–H and O–H groups in total. The Labute approximate surface area is 121 Å². The van der Waals surface area contributed by atoms with E-state index >= 15 is 0 Å². The van der Waals surface area contributed by atoms with Crippen LogP contribution in [0.3, 0.4) is 0 Å². The van der Waals surface area contributed by atoms with Crippen molar-refractivity contribution in [1.29, 1.82) is 0 Å². The Morgan fingerprint density at radius 1 is 1.35 bits per heavy atom. The van der Waals surface area contributed by atoms with E-state index in [1.165, 1.54) is 0 Å². The largest absolute Gasteiger partial charge is 0.389 e. The summed E-state index contributed by atoms with van der Waals surface area (Å²) in [4.78, 5) is 6.12. The zero-order valence-corrected chi connectivity index (χ0v) is 12.7. The summed E-state index contributed by atoms with van der Waals surface area (Å²) >= 11 is 0. The number of nitrogens with zero attached hydrogens (tertiary/aromatic N) is 2. The molecular formula is C15H26N2O3. The van der Waals surface area contributed by atoms with E-state index in [4.69, 9.17) is 9.47 Å². The minimum Gasteiger partial charge on any atom is -0.389 e. The van der Waals surface area contributed by atoms with Crippen molar-refractivity contribution in [1.82, 2.24) is 9.88 Å². The van der Waals surface area contributed by atoms with Crippen molar-refractivity contribution in [2.45, 2.75) is 32.6 Å². The predicted molar refractivity (Wildman–Crippen MR) is 78.5 cm³/mol. The van der Waals surface area contributed by atoms with Gasteiger partial charge in [-0.2, -0.15) is 0 Å². The fraction of sp³-hybridized carbons (Fsp3) is 0.667. The van der Waals surface area contributed by atoms with Gasteiger partial charge in [0, 0.05) is 25.5 Å². The molecule has 0 saturated heterocycles.